The van der Waals surface area contributed by atoms with Crippen molar-refractivity contribution in [3.05, 3.63) is 94.0 Å². The van der Waals surface area contributed by atoms with Gasteiger partial charge in [-0.25, -0.2) is 0 Å². The molecule has 34 heavy (non-hydrogen) atoms. The molecule has 0 aromatic heterocycles. The minimum Gasteiger partial charge on any atom is -0.508 e. The smallest absolute Gasteiger partial charge is 0.124 e. The summed E-state index contributed by atoms with van der Waals surface area (Å²) in [7, 11) is 0. The van der Waals surface area contributed by atoms with Gasteiger partial charge in [0.2, 0.25) is 0 Å². The first-order valence-electron chi connectivity index (χ1n) is 13.5. The van der Waals surface area contributed by atoms with E-state index in [9.17, 15) is 5.11 Å². The number of benzene rings is 3. The van der Waals surface area contributed by atoms with Gasteiger partial charge in [-0.2, -0.15) is 0 Å². The third-order valence-electron chi connectivity index (χ3n) is 7.79. The summed E-state index contributed by atoms with van der Waals surface area (Å²) in [6.45, 7) is 3.02. The molecule has 3 aliphatic rings. The Balaban J connectivity index is 1.25. The van der Waals surface area contributed by atoms with Crippen molar-refractivity contribution < 1.29 is 9.84 Å². The molecule has 3 aromatic rings. The number of hydrogen-bond donors (Lipinski definition) is 1. The van der Waals surface area contributed by atoms with Crippen LogP contribution in [0.5, 0.6) is 11.5 Å². The first-order chi connectivity index (χ1) is 16.8. The molecule has 0 unspecified atom stereocenters. The number of phenolic OH excluding ortho intramolecular Hbond substituents is 1. The predicted molar refractivity (Wildman–Crippen MR) is 140 cm³/mol. The molecule has 2 heteroatoms. The van der Waals surface area contributed by atoms with Crippen LogP contribution in [0.15, 0.2) is 60.7 Å². The van der Waals surface area contributed by atoms with E-state index in [-0.39, 0.29) is 11.8 Å². The van der Waals surface area contributed by atoms with Crippen LogP contribution in [0.3, 0.4) is 0 Å². The number of ether oxygens (including phenoxy) is 1. The first kappa shape index (κ1) is 23.0. The maximum atomic E-state index is 11.0. The number of rotatable bonds is 12. The van der Waals surface area contributed by atoms with Gasteiger partial charge in [-0.05, 0) is 40.8 Å². The molecule has 2 nitrogen and oxygen atoms in total. The zero-order chi connectivity index (χ0) is 23.3. The van der Waals surface area contributed by atoms with Crippen LogP contribution in [-0.2, 0) is 0 Å². The molecule has 0 atom stereocenters. The third kappa shape index (κ3) is 4.35. The van der Waals surface area contributed by atoms with Gasteiger partial charge in [-0.3, -0.25) is 0 Å². The predicted octanol–water partition coefficient (Wildman–Crippen LogP) is 8.68. The number of unbranched alkanes of at least 4 members (excludes halogenated alkanes) is 9. The lowest BCUT2D eigenvalue weighted by molar-refractivity contribution is 0.299. The number of phenols is 1. The summed E-state index contributed by atoms with van der Waals surface area (Å²) < 4.78 is 6.40. The van der Waals surface area contributed by atoms with Crippen molar-refractivity contribution >= 4 is 0 Å². The summed E-state index contributed by atoms with van der Waals surface area (Å²) in [5.74, 6) is 1.54. The quantitative estimate of drug-likeness (QED) is 0.191. The van der Waals surface area contributed by atoms with E-state index in [0.717, 1.165) is 24.3 Å². The van der Waals surface area contributed by atoms with Crippen LogP contribution in [0.25, 0.3) is 0 Å². The Hall–Kier alpha value is -2.74. The lowest BCUT2D eigenvalue weighted by atomic mass is 9.60. The van der Waals surface area contributed by atoms with Crippen molar-refractivity contribution in [3.63, 3.8) is 0 Å². The Bertz CT molecular complexity index is 1070. The fraction of sp³-hybridized carbons (Fsp3) is 0.438. The van der Waals surface area contributed by atoms with E-state index in [1.54, 1.807) is 0 Å². The summed E-state index contributed by atoms with van der Waals surface area (Å²) in [4.78, 5) is 0. The molecule has 0 aliphatic heterocycles. The second-order valence-corrected chi connectivity index (χ2v) is 10.1. The van der Waals surface area contributed by atoms with Crippen LogP contribution < -0.4 is 4.74 Å². The maximum absolute atomic E-state index is 11.0. The highest BCUT2D eigenvalue weighted by Gasteiger charge is 2.44. The minimum atomic E-state index is 0.0771. The standard InChI is InChI=1S/C32H38O2/c1-2-3-4-5-6-7-8-9-10-15-22-34-28-21-20-27(33)31-29-23-16-11-13-18-25(23)30(32(28)31)26-19-14-12-17-24(26)29/h11-14,16-21,29-30,33H,2-10,15,22H2,1H3. The van der Waals surface area contributed by atoms with E-state index >= 15 is 0 Å². The van der Waals surface area contributed by atoms with Crippen LogP contribution in [0, 0.1) is 0 Å². The average Bonchev–Trinajstić information content (AvgIpc) is 2.88. The van der Waals surface area contributed by atoms with Crippen molar-refractivity contribution in [1.82, 2.24) is 0 Å². The largest absolute Gasteiger partial charge is 0.508 e. The molecular weight excluding hydrogens is 416 g/mol. The Morgan fingerprint density at radius 2 is 1.06 bits per heavy atom. The summed E-state index contributed by atoms with van der Waals surface area (Å²) in [5.41, 5.74) is 7.57. The minimum absolute atomic E-state index is 0.0771. The molecule has 2 bridgehead atoms. The molecule has 1 N–H and O–H groups in total. The molecule has 0 amide bonds. The lowest BCUT2D eigenvalue weighted by Crippen LogP contribution is -2.28. The topological polar surface area (TPSA) is 29.5 Å². The summed E-state index contributed by atoms with van der Waals surface area (Å²) >= 11 is 0. The Morgan fingerprint density at radius 3 is 1.59 bits per heavy atom. The van der Waals surface area contributed by atoms with E-state index in [4.69, 9.17) is 4.74 Å². The van der Waals surface area contributed by atoms with Crippen molar-refractivity contribution in [2.45, 2.75) is 83.0 Å². The highest BCUT2D eigenvalue weighted by atomic mass is 16.5. The third-order valence-corrected chi connectivity index (χ3v) is 7.79. The molecule has 0 spiro atoms. The second kappa shape index (κ2) is 10.7. The summed E-state index contributed by atoms with van der Waals surface area (Å²) in [6, 6.07) is 21.3. The van der Waals surface area contributed by atoms with Gasteiger partial charge >= 0.3 is 0 Å². The van der Waals surface area contributed by atoms with Crippen LogP contribution in [-0.4, -0.2) is 11.7 Å². The second-order valence-electron chi connectivity index (χ2n) is 10.1. The van der Waals surface area contributed by atoms with Crippen LogP contribution in [0.1, 0.15) is 116 Å². The Morgan fingerprint density at radius 1 is 0.588 bits per heavy atom. The van der Waals surface area contributed by atoms with Crippen LogP contribution in [0.4, 0.5) is 0 Å². The molecule has 3 aliphatic carbocycles. The van der Waals surface area contributed by atoms with Gasteiger partial charge in [0.05, 0.1) is 6.61 Å². The van der Waals surface area contributed by atoms with Crippen LogP contribution >= 0.6 is 0 Å². The van der Waals surface area contributed by atoms with E-state index in [1.807, 2.05) is 12.1 Å². The Labute approximate surface area is 205 Å². The van der Waals surface area contributed by atoms with Crippen molar-refractivity contribution in [1.29, 1.82) is 0 Å². The molecule has 178 valence electrons. The molecule has 0 saturated heterocycles. The normalized spacial score (nSPS) is 17.2. The van der Waals surface area contributed by atoms with Crippen molar-refractivity contribution in [3.8, 4) is 11.5 Å². The van der Waals surface area contributed by atoms with Gasteiger partial charge in [0.1, 0.15) is 11.5 Å². The van der Waals surface area contributed by atoms with Gasteiger partial charge in [0.15, 0.2) is 0 Å². The van der Waals surface area contributed by atoms with Gasteiger partial charge in [-0.15, -0.1) is 0 Å². The lowest BCUT2D eigenvalue weighted by Gasteiger charge is -2.42. The highest BCUT2D eigenvalue weighted by molar-refractivity contribution is 5.72. The monoisotopic (exact) mass is 454 g/mol. The molecule has 3 aromatic carbocycles. The van der Waals surface area contributed by atoms with Gasteiger partial charge in [-0.1, -0.05) is 113 Å². The maximum Gasteiger partial charge on any atom is 0.124 e. The fourth-order valence-electron chi connectivity index (χ4n) is 6.13. The molecule has 0 heterocycles. The fourth-order valence-corrected chi connectivity index (χ4v) is 6.13. The first-order valence-corrected chi connectivity index (χ1v) is 13.5. The summed E-state index contributed by atoms with van der Waals surface area (Å²) in [6.07, 6.45) is 13.2. The number of aromatic hydroxyl groups is 1. The van der Waals surface area contributed by atoms with E-state index in [1.165, 1.54) is 85.6 Å². The SMILES string of the molecule is CCCCCCCCCCCCOc1ccc(O)c2c1C1c3ccccc3C2c2ccccc21. The molecule has 0 fully saturated rings. The van der Waals surface area contributed by atoms with Gasteiger partial charge in [0, 0.05) is 23.0 Å². The van der Waals surface area contributed by atoms with E-state index in [0.29, 0.717) is 5.75 Å². The zero-order valence-corrected chi connectivity index (χ0v) is 20.6. The van der Waals surface area contributed by atoms with Crippen molar-refractivity contribution in [2.24, 2.45) is 0 Å². The van der Waals surface area contributed by atoms with Crippen LogP contribution in [0.2, 0.25) is 0 Å². The zero-order valence-electron chi connectivity index (χ0n) is 20.6. The molecule has 0 radical (unpaired) electrons. The van der Waals surface area contributed by atoms with Gasteiger partial charge < -0.3 is 9.84 Å². The average molecular weight is 455 g/mol. The summed E-state index contributed by atoms with van der Waals surface area (Å²) in [5, 5.41) is 11.0. The molecular formula is C32H38O2. The van der Waals surface area contributed by atoms with Gasteiger partial charge in [0.25, 0.3) is 0 Å². The van der Waals surface area contributed by atoms with Crippen molar-refractivity contribution in [2.75, 3.05) is 6.61 Å². The molecule has 6 rings (SSSR count). The van der Waals surface area contributed by atoms with E-state index < -0.39 is 0 Å². The number of hydrogen-bond acceptors (Lipinski definition) is 2. The van der Waals surface area contributed by atoms with E-state index in [2.05, 4.69) is 55.5 Å². The Kier molecular flexibility index (Phi) is 7.23. The highest BCUT2D eigenvalue weighted by Crippen LogP contribution is 2.59. The molecule has 0 saturated carbocycles.